The van der Waals surface area contributed by atoms with Gasteiger partial charge in [0.25, 0.3) is 0 Å². The molecule has 1 atom stereocenters. The first-order valence-electron chi connectivity index (χ1n) is 8.48. The van der Waals surface area contributed by atoms with Crippen LogP contribution in [0.3, 0.4) is 0 Å². The van der Waals surface area contributed by atoms with Crippen LogP contribution in [0, 0.1) is 13.8 Å². The maximum absolute atomic E-state index is 11.8. The third-order valence-electron chi connectivity index (χ3n) is 4.57. The van der Waals surface area contributed by atoms with Crippen LogP contribution in [-0.4, -0.2) is 65.3 Å². The Morgan fingerprint density at radius 3 is 2.80 bits per heavy atom. The smallest absolute Gasteiger partial charge is 0.168 e. The number of sulfone groups is 1. The van der Waals surface area contributed by atoms with Gasteiger partial charge in [-0.05, 0) is 50.9 Å². The van der Waals surface area contributed by atoms with Crippen LogP contribution in [0.4, 0.5) is 0 Å². The Labute approximate surface area is 160 Å². The van der Waals surface area contributed by atoms with Gasteiger partial charge in [-0.25, -0.2) is 8.42 Å². The Morgan fingerprint density at radius 1 is 1.48 bits per heavy atom. The molecule has 9 heteroatoms. The van der Waals surface area contributed by atoms with Crippen LogP contribution in [0.1, 0.15) is 35.8 Å². The van der Waals surface area contributed by atoms with Gasteiger partial charge in [0, 0.05) is 31.4 Å². The highest BCUT2D eigenvalue weighted by atomic mass is 32.2. The minimum absolute atomic E-state index is 0.0422. The SMILES string of the molecule is CSCCCNC(=S)N(C)Cc1c(C)nn([C@H]2CCS(=O)(=O)C2)c1C. The number of thioether (sulfide) groups is 1. The summed E-state index contributed by atoms with van der Waals surface area (Å²) in [6.45, 7) is 5.54. The molecule has 1 saturated heterocycles. The number of nitrogens with zero attached hydrogens (tertiary/aromatic N) is 3. The molecule has 0 aromatic carbocycles. The molecule has 1 aliphatic rings. The van der Waals surface area contributed by atoms with Gasteiger partial charge in [-0.1, -0.05) is 0 Å². The van der Waals surface area contributed by atoms with Crippen molar-refractivity contribution in [3.8, 4) is 0 Å². The predicted molar refractivity (Wildman–Crippen MR) is 109 cm³/mol. The summed E-state index contributed by atoms with van der Waals surface area (Å²) in [5.41, 5.74) is 3.11. The monoisotopic (exact) mass is 404 g/mol. The van der Waals surface area contributed by atoms with Gasteiger partial charge in [0.2, 0.25) is 0 Å². The molecule has 0 spiro atoms. The van der Waals surface area contributed by atoms with Crippen molar-refractivity contribution in [2.24, 2.45) is 0 Å². The minimum atomic E-state index is -2.92. The summed E-state index contributed by atoms with van der Waals surface area (Å²) >= 11 is 7.29. The second-order valence-electron chi connectivity index (χ2n) is 6.59. The average Bonchev–Trinajstić information content (AvgIpc) is 3.04. The van der Waals surface area contributed by atoms with Crippen molar-refractivity contribution in [3.63, 3.8) is 0 Å². The molecule has 1 N–H and O–H groups in total. The fraction of sp³-hybridized carbons (Fsp3) is 0.750. The van der Waals surface area contributed by atoms with E-state index >= 15 is 0 Å². The lowest BCUT2D eigenvalue weighted by molar-refractivity contribution is 0.474. The zero-order valence-electron chi connectivity index (χ0n) is 15.4. The lowest BCUT2D eigenvalue weighted by Gasteiger charge is -2.21. The molecule has 1 aromatic heterocycles. The van der Waals surface area contributed by atoms with Crippen LogP contribution < -0.4 is 5.32 Å². The summed E-state index contributed by atoms with van der Waals surface area (Å²) in [5, 5.41) is 8.63. The highest BCUT2D eigenvalue weighted by Crippen LogP contribution is 2.27. The van der Waals surface area contributed by atoms with Gasteiger partial charge in [0.1, 0.15) is 0 Å². The Balaban J connectivity index is 2.01. The number of rotatable bonds is 7. The van der Waals surface area contributed by atoms with Crippen LogP contribution in [0.25, 0.3) is 0 Å². The van der Waals surface area contributed by atoms with Crippen molar-refractivity contribution in [1.82, 2.24) is 20.0 Å². The Morgan fingerprint density at radius 2 is 2.20 bits per heavy atom. The topological polar surface area (TPSA) is 67.2 Å². The second kappa shape index (κ2) is 8.73. The molecule has 0 aliphatic carbocycles. The van der Waals surface area contributed by atoms with Gasteiger partial charge in [-0.2, -0.15) is 16.9 Å². The van der Waals surface area contributed by atoms with E-state index in [-0.39, 0.29) is 17.5 Å². The summed E-state index contributed by atoms with van der Waals surface area (Å²) in [7, 11) is -0.947. The Hall–Kier alpha value is -0.800. The van der Waals surface area contributed by atoms with E-state index in [0.717, 1.165) is 40.8 Å². The fourth-order valence-corrected chi connectivity index (χ4v) is 5.40. The van der Waals surface area contributed by atoms with Gasteiger partial charge < -0.3 is 10.2 Å². The fourth-order valence-electron chi connectivity index (χ4n) is 3.11. The minimum Gasteiger partial charge on any atom is -0.363 e. The van der Waals surface area contributed by atoms with E-state index in [0.29, 0.717) is 13.0 Å². The molecule has 1 fully saturated rings. The number of aryl methyl sites for hydroxylation is 1. The zero-order valence-corrected chi connectivity index (χ0v) is 17.9. The van der Waals surface area contributed by atoms with E-state index in [1.54, 1.807) is 0 Å². The molecule has 0 bridgehead atoms. The number of thiocarbonyl (C=S) groups is 1. The van der Waals surface area contributed by atoms with E-state index in [9.17, 15) is 8.42 Å². The van der Waals surface area contributed by atoms with Crippen LogP contribution in [0.15, 0.2) is 0 Å². The summed E-state index contributed by atoms with van der Waals surface area (Å²) < 4.78 is 25.4. The van der Waals surface area contributed by atoms with E-state index < -0.39 is 9.84 Å². The van der Waals surface area contributed by atoms with Gasteiger partial charge in [-0.3, -0.25) is 4.68 Å². The van der Waals surface area contributed by atoms with Crippen molar-refractivity contribution in [1.29, 1.82) is 0 Å². The molecule has 0 amide bonds. The first kappa shape index (κ1) is 20.5. The van der Waals surface area contributed by atoms with Gasteiger partial charge in [0.05, 0.1) is 23.2 Å². The summed E-state index contributed by atoms with van der Waals surface area (Å²) in [4.78, 5) is 2.02. The molecule has 1 aromatic rings. The van der Waals surface area contributed by atoms with Crippen molar-refractivity contribution in [2.45, 2.75) is 39.3 Å². The molecular weight excluding hydrogens is 376 g/mol. The Bertz CT molecular complexity index is 715. The maximum Gasteiger partial charge on any atom is 0.168 e. The summed E-state index contributed by atoms with van der Waals surface area (Å²) in [5.74, 6) is 1.57. The second-order valence-corrected chi connectivity index (χ2v) is 10.2. The molecule has 1 aliphatic heterocycles. The molecule has 6 nitrogen and oxygen atoms in total. The molecule has 25 heavy (non-hydrogen) atoms. The Kier molecular flexibility index (Phi) is 7.16. The number of aromatic nitrogens is 2. The van der Waals surface area contributed by atoms with E-state index in [2.05, 4.69) is 16.7 Å². The van der Waals surface area contributed by atoms with Crippen molar-refractivity contribution < 1.29 is 8.42 Å². The number of hydrogen-bond donors (Lipinski definition) is 1. The zero-order chi connectivity index (χ0) is 18.6. The average molecular weight is 405 g/mol. The largest absolute Gasteiger partial charge is 0.363 e. The summed E-state index contributed by atoms with van der Waals surface area (Å²) in [6.07, 6.45) is 3.83. The van der Waals surface area contributed by atoms with Gasteiger partial charge >= 0.3 is 0 Å². The quantitative estimate of drug-likeness (QED) is 0.550. The standard InChI is InChI=1S/C16H28N4O2S3/c1-12-15(10-19(3)16(23)17-7-5-8-24-4)13(2)20(18-12)14-6-9-25(21,22)11-14/h14H,5-11H2,1-4H3,(H,17,23)/t14-/m0/s1. The number of hydrogen-bond acceptors (Lipinski definition) is 5. The van der Waals surface area contributed by atoms with Crippen LogP contribution in [-0.2, 0) is 16.4 Å². The van der Waals surface area contributed by atoms with Gasteiger partial charge in [0.15, 0.2) is 14.9 Å². The lowest BCUT2D eigenvalue weighted by Crippen LogP contribution is -2.37. The normalized spacial score (nSPS) is 19.1. The van der Waals surface area contributed by atoms with E-state index in [4.69, 9.17) is 12.2 Å². The number of nitrogens with one attached hydrogen (secondary N) is 1. The van der Waals surface area contributed by atoms with Crippen LogP contribution >= 0.6 is 24.0 Å². The van der Waals surface area contributed by atoms with Crippen molar-refractivity contribution in [3.05, 3.63) is 17.0 Å². The molecule has 2 heterocycles. The first-order chi connectivity index (χ1) is 11.7. The van der Waals surface area contributed by atoms with Crippen molar-refractivity contribution >= 4 is 38.9 Å². The first-order valence-corrected chi connectivity index (χ1v) is 12.1. The maximum atomic E-state index is 11.8. The van der Waals surface area contributed by atoms with E-state index in [1.165, 1.54) is 0 Å². The molecular formula is C16H28N4O2S3. The van der Waals surface area contributed by atoms with Gasteiger partial charge in [-0.15, -0.1) is 0 Å². The highest BCUT2D eigenvalue weighted by Gasteiger charge is 2.31. The summed E-state index contributed by atoms with van der Waals surface area (Å²) in [6, 6.07) is -0.0422. The molecule has 0 radical (unpaired) electrons. The third-order valence-corrected chi connectivity index (χ3v) is 7.48. The molecule has 142 valence electrons. The van der Waals surface area contributed by atoms with E-state index in [1.807, 2.05) is 42.2 Å². The molecule has 0 unspecified atom stereocenters. The molecule has 0 saturated carbocycles. The lowest BCUT2D eigenvalue weighted by atomic mass is 10.2. The molecule has 2 rings (SSSR count). The highest BCUT2D eigenvalue weighted by molar-refractivity contribution is 7.98. The third kappa shape index (κ3) is 5.34. The van der Waals surface area contributed by atoms with Crippen LogP contribution in [0.2, 0.25) is 0 Å². The predicted octanol–water partition coefficient (Wildman–Crippen LogP) is 1.92. The van der Waals surface area contributed by atoms with Crippen LogP contribution in [0.5, 0.6) is 0 Å². The van der Waals surface area contributed by atoms with Crippen molar-refractivity contribution in [2.75, 3.05) is 37.1 Å².